The lowest BCUT2D eigenvalue weighted by Gasteiger charge is -2.45. The van der Waals surface area contributed by atoms with Crippen LogP contribution in [0.25, 0.3) is 0 Å². The van der Waals surface area contributed by atoms with Gasteiger partial charge in [0.25, 0.3) is 0 Å². The van der Waals surface area contributed by atoms with Crippen molar-refractivity contribution < 1.29 is 19.0 Å². The number of ether oxygens (including phenoxy) is 2. The van der Waals surface area contributed by atoms with Gasteiger partial charge >= 0.3 is 0 Å². The van der Waals surface area contributed by atoms with Crippen LogP contribution in [-0.4, -0.2) is 45.6 Å². The van der Waals surface area contributed by atoms with E-state index in [4.69, 9.17) is 13.9 Å². The molecule has 0 heterocycles. The van der Waals surface area contributed by atoms with E-state index in [9.17, 15) is 5.11 Å². The Morgan fingerprint density at radius 1 is 1.03 bits per heavy atom. The van der Waals surface area contributed by atoms with E-state index in [1.54, 1.807) is 7.11 Å². The van der Waals surface area contributed by atoms with Crippen molar-refractivity contribution in [1.82, 2.24) is 0 Å². The van der Waals surface area contributed by atoms with Gasteiger partial charge in [0.15, 0.2) is 0 Å². The van der Waals surface area contributed by atoms with Gasteiger partial charge < -0.3 is 19.0 Å². The third-order valence-electron chi connectivity index (χ3n) is 7.17. The molecule has 0 aromatic rings. The molecule has 1 N–H and O–H groups in total. The van der Waals surface area contributed by atoms with E-state index in [2.05, 4.69) is 122 Å². The van der Waals surface area contributed by atoms with E-state index in [0.717, 1.165) is 18.4 Å². The van der Waals surface area contributed by atoms with Crippen LogP contribution < -0.4 is 0 Å². The average molecular weight is 647 g/mol. The molecule has 214 valence electrons. The van der Waals surface area contributed by atoms with E-state index >= 15 is 0 Å². The second-order valence-electron chi connectivity index (χ2n) is 11.1. The number of aliphatic hydroxyl groups excluding tert-OH is 1. The number of methoxy groups -OCH3 is 1. The summed E-state index contributed by atoms with van der Waals surface area (Å²) >= 11 is 2.21. The molecule has 6 heteroatoms. The first kappa shape index (κ1) is 36.5. The lowest BCUT2D eigenvalue weighted by molar-refractivity contribution is -0.102. The summed E-state index contributed by atoms with van der Waals surface area (Å²) < 4.78 is 20.3. The zero-order chi connectivity index (χ0) is 28.6. The second kappa shape index (κ2) is 19.5. The molecular weight excluding hydrogens is 591 g/mol. The van der Waals surface area contributed by atoms with Crippen LogP contribution in [0.5, 0.6) is 0 Å². The van der Waals surface area contributed by atoms with E-state index in [0.29, 0.717) is 23.0 Å². The van der Waals surface area contributed by atoms with Gasteiger partial charge in [-0.05, 0) is 53.8 Å². The van der Waals surface area contributed by atoms with Gasteiger partial charge in [0.1, 0.15) is 6.79 Å². The van der Waals surface area contributed by atoms with Gasteiger partial charge in [0, 0.05) is 13.0 Å². The summed E-state index contributed by atoms with van der Waals surface area (Å²) in [5.74, 6) is 0.104. The van der Waals surface area contributed by atoms with Crippen molar-refractivity contribution in [2.24, 2.45) is 5.92 Å². The Labute approximate surface area is 243 Å². The summed E-state index contributed by atoms with van der Waals surface area (Å²) in [6, 6.07) is 0. The molecule has 4 atom stereocenters. The Balaban J connectivity index is 5.30. The van der Waals surface area contributed by atoms with Gasteiger partial charge in [0.2, 0.25) is 8.32 Å². The topological polar surface area (TPSA) is 47.9 Å². The summed E-state index contributed by atoms with van der Waals surface area (Å²) in [6.07, 6.45) is 14.1. The lowest BCUT2D eigenvalue weighted by Crippen LogP contribution is -2.52. The second-order valence-corrected chi connectivity index (χ2v) is 17.2. The molecule has 0 unspecified atom stereocenters. The highest BCUT2D eigenvalue weighted by molar-refractivity contribution is 14.1. The highest BCUT2D eigenvalue weighted by atomic mass is 127. The molecule has 0 aliphatic rings. The van der Waals surface area contributed by atoms with Crippen LogP contribution in [0, 0.1) is 5.92 Å². The van der Waals surface area contributed by atoms with Crippen LogP contribution in [0.1, 0.15) is 81.6 Å². The Hall–Kier alpha value is -0.513. The smallest absolute Gasteiger partial charge is 0.201 e. The van der Waals surface area contributed by atoms with Crippen LogP contribution in [0.4, 0.5) is 0 Å². The molecule has 0 fully saturated rings. The SMILES string of the molecule is C=C[C@H](O[Si](C(C)C)(C(C)C)C(C)C)[C@H](CC/C=C/C=C(\C)C[C@@H](O)[C@H](C)/C=C(C)/C=C/I)OCOC. The molecule has 0 amide bonds. The van der Waals surface area contributed by atoms with Crippen LogP contribution in [0.2, 0.25) is 16.6 Å². The summed E-state index contributed by atoms with van der Waals surface area (Å²) in [5, 5.41) is 10.6. The van der Waals surface area contributed by atoms with E-state index in [1.807, 2.05) is 10.2 Å². The lowest BCUT2D eigenvalue weighted by atomic mass is 9.96. The Morgan fingerprint density at radius 3 is 2.11 bits per heavy atom. The molecule has 0 radical (unpaired) electrons. The summed E-state index contributed by atoms with van der Waals surface area (Å²) in [7, 11) is -0.426. The monoisotopic (exact) mass is 646 g/mol. The standard InChI is InChI=1S/C31H55IO4Si/c1-12-30(36-37(23(2)3,24(4)5)25(6)7)31(35-22-34-11)17-15-13-14-16-26(8)21-29(33)28(10)20-27(9)18-19-32/h12-14,16,18-20,23-25,28-31,33H,1,15,17,21-22H2,2-11H3/b14-13+,19-18+,26-16+,27-20+/t28-,29-,30+,31+/m1/s1. The first-order valence-corrected chi connectivity index (χ1v) is 17.1. The average Bonchev–Trinajstić information content (AvgIpc) is 2.81. The maximum Gasteiger partial charge on any atom is 0.201 e. The summed E-state index contributed by atoms with van der Waals surface area (Å²) in [5.41, 5.74) is 3.81. The van der Waals surface area contributed by atoms with Gasteiger partial charge in [-0.1, -0.05) is 119 Å². The maximum absolute atomic E-state index is 10.6. The maximum atomic E-state index is 10.6. The fourth-order valence-electron chi connectivity index (χ4n) is 5.27. The first-order valence-electron chi connectivity index (χ1n) is 13.7. The van der Waals surface area contributed by atoms with Gasteiger partial charge in [0.05, 0.1) is 18.3 Å². The van der Waals surface area contributed by atoms with Crippen molar-refractivity contribution in [3.05, 3.63) is 58.3 Å². The molecule has 0 saturated heterocycles. The minimum atomic E-state index is -2.07. The van der Waals surface area contributed by atoms with Crippen molar-refractivity contribution in [2.75, 3.05) is 13.9 Å². The van der Waals surface area contributed by atoms with Gasteiger partial charge in [-0.2, -0.15) is 0 Å². The number of aliphatic hydroxyl groups is 1. The number of allylic oxidation sites excluding steroid dienone is 5. The van der Waals surface area contributed by atoms with Gasteiger partial charge in [-0.15, -0.1) is 6.58 Å². The van der Waals surface area contributed by atoms with Crippen molar-refractivity contribution in [3.8, 4) is 0 Å². The van der Waals surface area contributed by atoms with Crippen LogP contribution in [0.15, 0.2) is 58.3 Å². The normalized spacial score (nSPS) is 17.4. The predicted molar refractivity (Wildman–Crippen MR) is 172 cm³/mol. The Bertz CT molecular complexity index is 733. The minimum absolute atomic E-state index is 0.104. The zero-order valence-electron chi connectivity index (χ0n) is 25.2. The van der Waals surface area contributed by atoms with Crippen LogP contribution in [0.3, 0.4) is 0 Å². The first-order chi connectivity index (χ1) is 17.4. The highest BCUT2D eigenvalue weighted by Crippen LogP contribution is 2.43. The number of hydrogen-bond donors (Lipinski definition) is 1. The van der Waals surface area contributed by atoms with Crippen molar-refractivity contribution >= 4 is 30.9 Å². The number of rotatable bonds is 19. The molecule has 0 saturated carbocycles. The van der Waals surface area contributed by atoms with E-state index in [-0.39, 0.29) is 24.9 Å². The predicted octanol–water partition coefficient (Wildman–Crippen LogP) is 9.29. The number of halogens is 1. The third kappa shape index (κ3) is 12.9. The fraction of sp³-hybridized carbons (Fsp3) is 0.677. The molecule has 0 rings (SSSR count). The molecular formula is C31H55IO4Si. The fourth-order valence-corrected chi connectivity index (χ4v) is 11.4. The summed E-state index contributed by atoms with van der Waals surface area (Å²) in [6.45, 7) is 24.3. The summed E-state index contributed by atoms with van der Waals surface area (Å²) in [4.78, 5) is 0. The van der Waals surface area contributed by atoms with Crippen molar-refractivity contribution in [3.63, 3.8) is 0 Å². The largest absolute Gasteiger partial charge is 0.407 e. The minimum Gasteiger partial charge on any atom is -0.407 e. The molecule has 0 aliphatic carbocycles. The van der Waals surface area contributed by atoms with Crippen molar-refractivity contribution in [2.45, 2.75) is 117 Å². The molecule has 0 aromatic carbocycles. The van der Waals surface area contributed by atoms with Crippen molar-refractivity contribution in [1.29, 1.82) is 0 Å². The zero-order valence-corrected chi connectivity index (χ0v) is 28.3. The van der Waals surface area contributed by atoms with E-state index < -0.39 is 14.4 Å². The number of hydrogen-bond acceptors (Lipinski definition) is 4. The highest BCUT2D eigenvalue weighted by Gasteiger charge is 2.47. The van der Waals surface area contributed by atoms with Gasteiger partial charge in [-0.25, -0.2) is 0 Å². The van der Waals surface area contributed by atoms with Crippen LogP contribution in [-0.2, 0) is 13.9 Å². The van der Waals surface area contributed by atoms with Gasteiger partial charge in [-0.3, -0.25) is 0 Å². The Kier molecular flexibility index (Phi) is 19.3. The molecule has 0 spiro atoms. The Morgan fingerprint density at radius 2 is 1.62 bits per heavy atom. The molecule has 0 bridgehead atoms. The third-order valence-corrected chi connectivity index (χ3v) is 13.6. The molecule has 4 nitrogen and oxygen atoms in total. The molecule has 0 aromatic heterocycles. The quantitative estimate of drug-likeness (QED) is 0.0500. The molecule has 37 heavy (non-hydrogen) atoms. The van der Waals surface area contributed by atoms with Crippen LogP contribution >= 0.6 is 22.6 Å². The van der Waals surface area contributed by atoms with E-state index in [1.165, 1.54) is 5.57 Å². The molecule has 0 aliphatic heterocycles.